The zero-order valence-electron chi connectivity index (χ0n) is 17.6. The summed E-state index contributed by atoms with van der Waals surface area (Å²) in [6, 6.07) is 22.3. The third kappa shape index (κ3) is 6.15. The first kappa shape index (κ1) is 22.0. The maximum atomic E-state index is 12.3. The van der Waals surface area contributed by atoms with Crippen LogP contribution in [0.5, 0.6) is 0 Å². The maximum absolute atomic E-state index is 12.3. The minimum Gasteiger partial charge on any atom is -0.456 e. The summed E-state index contributed by atoms with van der Waals surface area (Å²) in [7, 11) is 0. The van der Waals surface area contributed by atoms with E-state index in [2.05, 4.69) is 10.6 Å². The predicted molar refractivity (Wildman–Crippen MR) is 119 cm³/mol. The van der Waals surface area contributed by atoms with Gasteiger partial charge in [-0.15, -0.1) is 0 Å². The van der Waals surface area contributed by atoms with Crippen molar-refractivity contribution in [2.75, 3.05) is 6.61 Å². The van der Waals surface area contributed by atoms with Crippen LogP contribution in [0, 0.1) is 0 Å². The fourth-order valence-electron chi connectivity index (χ4n) is 3.54. The third-order valence-electron chi connectivity index (χ3n) is 4.98. The first-order valence-electron chi connectivity index (χ1n) is 10.2. The number of rotatable bonds is 8. The molecular formula is C25H26N2O4. The Hall–Kier alpha value is -3.67. The quantitative estimate of drug-likeness (QED) is 0.545. The number of carbonyl (C=O) groups excluding carboxylic acids is 3. The molecule has 0 unspecified atom stereocenters. The van der Waals surface area contributed by atoms with Crippen molar-refractivity contribution in [1.82, 2.24) is 10.6 Å². The lowest BCUT2D eigenvalue weighted by molar-refractivity contribution is -0.149. The van der Waals surface area contributed by atoms with E-state index >= 15 is 0 Å². The summed E-state index contributed by atoms with van der Waals surface area (Å²) in [6.45, 7) is 2.91. The molecule has 3 aromatic rings. The molecule has 0 bridgehead atoms. The summed E-state index contributed by atoms with van der Waals surface area (Å²) in [4.78, 5) is 36.1. The van der Waals surface area contributed by atoms with Crippen molar-refractivity contribution in [2.45, 2.75) is 32.4 Å². The van der Waals surface area contributed by atoms with Crippen LogP contribution >= 0.6 is 0 Å². The molecule has 2 atom stereocenters. The molecule has 160 valence electrons. The molecule has 6 heteroatoms. The molecule has 0 aliphatic heterocycles. The second-order valence-corrected chi connectivity index (χ2v) is 7.39. The molecule has 0 radical (unpaired) electrons. The first-order valence-corrected chi connectivity index (χ1v) is 10.2. The fraction of sp³-hybridized carbons (Fsp3) is 0.240. The minimum absolute atomic E-state index is 0.0598. The van der Waals surface area contributed by atoms with Crippen LogP contribution in [0.25, 0.3) is 10.8 Å². The van der Waals surface area contributed by atoms with Crippen LogP contribution in [0.1, 0.15) is 43.5 Å². The monoisotopic (exact) mass is 418 g/mol. The summed E-state index contributed by atoms with van der Waals surface area (Å²) < 4.78 is 5.16. The molecule has 3 aromatic carbocycles. The van der Waals surface area contributed by atoms with Crippen molar-refractivity contribution in [3.05, 3.63) is 83.9 Å². The summed E-state index contributed by atoms with van der Waals surface area (Å²) in [5, 5.41) is 7.78. The second-order valence-electron chi connectivity index (χ2n) is 7.39. The third-order valence-corrected chi connectivity index (χ3v) is 4.98. The highest BCUT2D eigenvalue weighted by Crippen LogP contribution is 2.24. The highest BCUT2D eigenvalue weighted by molar-refractivity contribution is 5.87. The van der Waals surface area contributed by atoms with Crippen molar-refractivity contribution in [1.29, 1.82) is 0 Å². The van der Waals surface area contributed by atoms with Crippen LogP contribution < -0.4 is 10.6 Å². The number of carbonyl (C=O) groups is 3. The van der Waals surface area contributed by atoms with Gasteiger partial charge in [0, 0.05) is 6.92 Å². The number of amides is 2. The van der Waals surface area contributed by atoms with Crippen LogP contribution in [-0.4, -0.2) is 24.4 Å². The van der Waals surface area contributed by atoms with E-state index in [9.17, 15) is 14.4 Å². The van der Waals surface area contributed by atoms with E-state index in [1.807, 2.05) is 79.7 Å². The average molecular weight is 418 g/mol. The Bertz CT molecular complexity index is 1060. The summed E-state index contributed by atoms with van der Waals surface area (Å²) in [5.74, 6) is -1.19. The van der Waals surface area contributed by atoms with Gasteiger partial charge in [-0.25, -0.2) is 0 Å². The molecule has 0 saturated carbocycles. The fourth-order valence-corrected chi connectivity index (χ4v) is 3.54. The Morgan fingerprint density at radius 1 is 0.871 bits per heavy atom. The predicted octanol–water partition coefficient (Wildman–Crippen LogP) is 3.83. The topological polar surface area (TPSA) is 84.5 Å². The number of ether oxygens (including phenoxy) is 1. The summed E-state index contributed by atoms with van der Waals surface area (Å²) >= 11 is 0. The summed E-state index contributed by atoms with van der Waals surface area (Å²) in [6.07, 6.45) is -0.0598. The van der Waals surface area contributed by atoms with Gasteiger partial charge in [-0.3, -0.25) is 14.4 Å². The zero-order valence-corrected chi connectivity index (χ0v) is 17.6. The van der Waals surface area contributed by atoms with Gasteiger partial charge in [-0.1, -0.05) is 72.8 Å². The molecule has 2 N–H and O–H groups in total. The molecule has 0 aromatic heterocycles. The Morgan fingerprint density at radius 2 is 1.55 bits per heavy atom. The van der Waals surface area contributed by atoms with Crippen molar-refractivity contribution < 1.29 is 19.1 Å². The molecule has 0 fully saturated rings. The van der Waals surface area contributed by atoms with Crippen LogP contribution in [0.15, 0.2) is 72.8 Å². The Balaban J connectivity index is 1.55. The number of esters is 1. The molecule has 3 rings (SSSR count). The Kier molecular flexibility index (Phi) is 7.38. The van der Waals surface area contributed by atoms with E-state index in [0.29, 0.717) is 0 Å². The number of hydrogen-bond acceptors (Lipinski definition) is 4. The van der Waals surface area contributed by atoms with Crippen LogP contribution in [0.3, 0.4) is 0 Å². The van der Waals surface area contributed by atoms with Gasteiger partial charge in [0.2, 0.25) is 5.91 Å². The standard InChI is InChI=1S/C25H26N2O4/c1-17(21-14-8-12-19-9-6-7-13-22(19)21)26-24(29)16-31-25(30)15-23(27-18(2)28)20-10-4-3-5-11-20/h3-14,17,23H,15-16H2,1-2H3,(H,26,29)(H,27,28)/t17-,23-/m0/s1. The lowest BCUT2D eigenvalue weighted by Gasteiger charge is -2.18. The van der Waals surface area contributed by atoms with E-state index < -0.39 is 12.0 Å². The van der Waals surface area contributed by atoms with Crippen molar-refractivity contribution >= 4 is 28.6 Å². The molecule has 2 amide bonds. The number of benzene rings is 3. The van der Waals surface area contributed by atoms with Crippen molar-refractivity contribution in [2.24, 2.45) is 0 Å². The number of hydrogen-bond donors (Lipinski definition) is 2. The molecule has 6 nitrogen and oxygen atoms in total. The van der Waals surface area contributed by atoms with Crippen LogP contribution in [0.2, 0.25) is 0 Å². The maximum Gasteiger partial charge on any atom is 0.308 e. The summed E-state index contributed by atoms with van der Waals surface area (Å²) in [5.41, 5.74) is 1.79. The van der Waals surface area contributed by atoms with E-state index in [1.165, 1.54) is 6.92 Å². The average Bonchev–Trinajstić information content (AvgIpc) is 2.77. The normalized spacial score (nSPS) is 12.6. The van der Waals surface area contributed by atoms with Crippen LogP contribution in [-0.2, 0) is 19.1 Å². The van der Waals surface area contributed by atoms with Gasteiger partial charge in [0.25, 0.3) is 5.91 Å². The lowest BCUT2D eigenvalue weighted by Crippen LogP contribution is -2.32. The Morgan fingerprint density at radius 3 is 2.29 bits per heavy atom. The molecule has 0 aliphatic carbocycles. The molecule has 0 aliphatic rings. The molecule has 31 heavy (non-hydrogen) atoms. The van der Waals surface area contributed by atoms with E-state index in [1.54, 1.807) is 0 Å². The second kappa shape index (κ2) is 10.4. The van der Waals surface area contributed by atoms with Gasteiger partial charge < -0.3 is 15.4 Å². The largest absolute Gasteiger partial charge is 0.456 e. The Labute approximate surface area is 181 Å². The molecular weight excluding hydrogens is 392 g/mol. The van der Waals surface area contributed by atoms with Gasteiger partial charge in [0.15, 0.2) is 6.61 Å². The van der Waals surface area contributed by atoms with Gasteiger partial charge in [0.05, 0.1) is 18.5 Å². The molecule has 0 saturated heterocycles. The highest BCUT2D eigenvalue weighted by Gasteiger charge is 2.19. The molecule has 0 spiro atoms. The first-order chi connectivity index (χ1) is 14.9. The minimum atomic E-state index is -0.560. The van der Waals surface area contributed by atoms with Gasteiger partial charge in [0.1, 0.15) is 0 Å². The highest BCUT2D eigenvalue weighted by atomic mass is 16.5. The van der Waals surface area contributed by atoms with Crippen LogP contribution in [0.4, 0.5) is 0 Å². The van der Waals surface area contributed by atoms with Gasteiger partial charge in [-0.2, -0.15) is 0 Å². The van der Waals surface area contributed by atoms with Gasteiger partial charge in [-0.05, 0) is 28.8 Å². The number of nitrogens with one attached hydrogen (secondary N) is 2. The van der Waals surface area contributed by atoms with E-state index in [-0.39, 0.29) is 30.9 Å². The number of fused-ring (bicyclic) bond motifs is 1. The zero-order chi connectivity index (χ0) is 22.2. The van der Waals surface area contributed by atoms with Crippen molar-refractivity contribution in [3.63, 3.8) is 0 Å². The SMILES string of the molecule is CC(=O)N[C@@H](CC(=O)OCC(=O)N[C@@H](C)c1cccc2ccccc12)c1ccccc1. The van der Waals surface area contributed by atoms with E-state index in [4.69, 9.17) is 4.74 Å². The smallest absolute Gasteiger partial charge is 0.308 e. The van der Waals surface area contributed by atoms with E-state index in [0.717, 1.165) is 21.9 Å². The lowest BCUT2D eigenvalue weighted by atomic mass is 10.00. The van der Waals surface area contributed by atoms with Gasteiger partial charge >= 0.3 is 5.97 Å². The molecule has 0 heterocycles. The van der Waals surface area contributed by atoms with Crippen molar-refractivity contribution in [3.8, 4) is 0 Å².